The van der Waals surface area contributed by atoms with Crippen molar-refractivity contribution in [1.29, 1.82) is 0 Å². The summed E-state index contributed by atoms with van der Waals surface area (Å²) >= 11 is 0. The lowest BCUT2D eigenvalue weighted by atomic mass is 10.1. The van der Waals surface area contributed by atoms with Gasteiger partial charge in [-0.3, -0.25) is 10.1 Å². The number of nitrogens with zero attached hydrogens (tertiary/aromatic N) is 1. The van der Waals surface area contributed by atoms with Gasteiger partial charge in [-0.2, -0.15) is 0 Å². The van der Waals surface area contributed by atoms with Crippen LogP contribution in [0, 0.1) is 0 Å². The maximum atomic E-state index is 11.0. The average Bonchev–Trinajstić information content (AvgIpc) is 2.64. The minimum Gasteiger partial charge on any atom is -0.427 e. The van der Waals surface area contributed by atoms with Gasteiger partial charge in [0.15, 0.2) is 0 Å². The van der Waals surface area contributed by atoms with Crippen LogP contribution in [0.2, 0.25) is 0 Å². The zero-order chi connectivity index (χ0) is 9.97. The highest BCUT2D eigenvalue weighted by Crippen LogP contribution is 2.26. The number of esters is 1. The van der Waals surface area contributed by atoms with E-state index in [1.807, 2.05) is 12.1 Å². The van der Waals surface area contributed by atoms with E-state index in [4.69, 9.17) is 4.74 Å². The highest BCUT2D eigenvalue weighted by molar-refractivity contribution is 5.72. The molecule has 1 aliphatic rings. The molecular formula is C11H12NO2. The molecule has 3 nitrogen and oxygen atoms in total. The lowest BCUT2D eigenvalue weighted by Gasteiger charge is -2.04. The second-order valence-corrected chi connectivity index (χ2v) is 3.25. The van der Waals surface area contributed by atoms with Crippen LogP contribution in [0.5, 0.6) is 5.75 Å². The summed E-state index contributed by atoms with van der Waals surface area (Å²) in [6.07, 6.45) is 1.36. The number of ether oxygens (including phenoxy) is 1. The van der Waals surface area contributed by atoms with E-state index < -0.39 is 0 Å². The summed E-state index contributed by atoms with van der Waals surface area (Å²) in [6, 6.07) is 5.60. The second-order valence-electron chi connectivity index (χ2n) is 3.25. The number of hydrogen-bond acceptors (Lipinski definition) is 2. The minimum absolute atomic E-state index is 0.195. The van der Waals surface area contributed by atoms with Gasteiger partial charge >= 0.3 is 5.97 Å². The Labute approximate surface area is 83.1 Å². The van der Waals surface area contributed by atoms with E-state index in [9.17, 15) is 4.79 Å². The van der Waals surface area contributed by atoms with Crippen LogP contribution < -0.4 is 10.1 Å². The lowest BCUT2D eigenvalue weighted by Crippen LogP contribution is -2.05. The van der Waals surface area contributed by atoms with Crippen LogP contribution >= 0.6 is 0 Å². The minimum atomic E-state index is -0.195. The van der Waals surface area contributed by atoms with Gasteiger partial charge in [-0.1, -0.05) is 6.92 Å². The van der Waals surface area contributed by atoms with Crippen LogP contribution in [-0.2, 0) is 11.2 Å². The van der Waals surface area contributed by atoms with Crippen molar-refractivity contribution in [1.82, 2.24) is 5.32 Å². The summed E-state index contributed by atoms with van der Waals surface area (Å²) in [4.78, 5) is 11.0. The smallest absolute Gasteiger partial charge is 0.310 e. The van der Waals surface area contributed by atoms with Gasteiger partial charge in [0.25, 0.3) is 0 Å². The number of fused-ring (bicyclic) bond motifs is 1. The van der Waals surface area contributed by atoms with Crippen LogP contribution in [0.15, 0.2) is 18.2 Å². The van der Waals surface area contributed by atoms with E-state index >= 15 is 0 Å². The van der Waals surface area contributed by atoms with Crippen molar-refractivity contribution in [2.45, 2.75) is 19.8 Å². The predicted molar refractivity (Wildman–Crippen MR) is 52.7 cm³/mol. The fourth-order valence-electron chi connectivity index (χ4n) is 1.48. The van der Waals surface area contributed by atoms with Gasteiger partial charge in [0.05, 0.1) is 5.69 Å². The van der Waals surface area contributed by atoms with E-state index in [1.54, 1.807) is 13.0 Å². The van der Waals surface area contributed by atoms with Gasteiger partial charge in [-0.25, -0.2) is 0 Å². The Morgan fingerprint density at radius 3 is 3.21 bits per heavy atom. The molecule has 1 aliphatic heterocycles. The maximum absolute atomic E-state index is 11.0. The van der Waals surface area contributed by atoms with Gasteiger partial charge in [-0.15, -0.1) is 0 Å². The molecule has 1 aromatic carbocycles. The summed E-state index contributed by atoms with van der Waals surface area (Å²) in [5.74, 6) is 0.438. The molecule has 0 amide bonds. The summed E-state index contributed by atoms with van der Waals surface area (Å²) in [5, 5.41) is 4.30. The molecule has 0 fully saturated rings. The quantitative estimate of drug-likeness (QED) is 0.527. The first-order chi connectivity index (χ1) is 6.79. The molecule has 0 bridgehead atoms. The first-order valence-corrected chi connectivity index (χ1v) is 4.80. The Hall–Kier alpha value is -1.51. The molecule has 0 spiro atoms. The fraction of sp³-hybridized carbons (Fsp3) is 0.364. The summed E-state index contributed by atoms with van der Waals surface area (Å²) in [7, 11) is 0. The van der Waals surface area contributed by atoms with Gasteiger partial charge in [0, 0.05) is 13.0 Å². The molecule has 3 heteroatoms. The monoisotopic (exact) mass is 190 g/mol. The van der Waals surface area contributed by atoms with Gasteiger partial charge in [0.1, 0.15) is 5.75 Å². The molecule has 0 atom stereocenters. The molecule has 14 heavy (non-hydrogen) atoms. The van der Waals surface area contributed by atoms with Crippen LogP contribution in [0.25, 0.3) is 0 Å². The van der Waals surface area contributed by atoms with Crippen molar-refractivity contribution in [3.63, 3.8) is 0 Å². The first-order valence-electron chi connectivity index (χ1n) is 4.80. The van der Waals surface area contributed by atoms with Crippen LogP contribution in [0.4, 0.5) is 5.69 Å². The molecule has 0 saturated carbocycles. The predicted octanol–water partition coefficient (Wildman–Crippen LogP) is 1.79. The van der Waals surface area contributed by atoms with Crippen molar-refractivity contribution < 1.29 is 9.53 Å². The van der Waals surface area contributed by atoms with Crippen molar-refractivity contribution in [3.8, 4) is 5.75 Å². The molecule has 0 aliphatic carbocycles. The van der Waals surface area contributed by atoms with Crippen LogP contribution in [0.3, 0.4) is 0 Å². The third kappa shape index (κ3) is 1.71. The molecule has 2 rings (SSSR count). The molecule has 1 aromatic rings. The third-order valence-corrected chi connectivity index (χ3v) is 2.23. The largest absolute Gasteiger partial charge is 0.427 e. The summed E-state index contributed by atoms with van der Waals surface area (Å²) in [6.45, 7) is 2.63. The number of rotatable bonds is 2. The van der Waals surface area contributed by atoms with E-state index in [1.165, 1.54) is 5.56 Å². The Balaban J connectivity index is 2.16. The SMILES string of the molecule is CCC(=O)Oc1ccc2c(c1)CC[N]2. The van der Waals surface area contributed by atoms with E-state index in [2.05, 4.69) is 5.32 Å². The Morgan fingerprint density at radius 2 is 2.43 bits per heavy atom. The lowest BCUT2D eigenvalue weighted by molar-refractivity contribution is -0.134. The highest BCUT2D eigenvalue weighted by Gasteiger charge is 2.12. The zero-order valence-corrected chi connectivity index (χ0v) is 8.12. The maximum Gasteiger partial charge on any atom is 0.310 e. The Morgan fingerprint density at radius 1 is 1.57 bits per heavy atom. The average molecular weight is 190 g/mol. The second kappa shape index (κ2) is 3.70. The zero-order valence-electron chi connectivity index (χ0n) is 8.12. The van der Waals surface area contributed by atoms with Crippen molar-refractivity contribution in [2.75, 3.05) is 6.54 Å². The van der Waals surface area contributed by atoms with E-state index in [0.29, 0.717) is 12.2 Å². The normalized spacial score (nSPS) is 13.2. The Kier molecular flexibility index (Phi) is 2.39. The standard InChI is InChI=1S/C11H12NO2/c1-2-11(13)14-9-3-4-10-8(7-9)5-6-12-10/h3-4,7H,2,5-6H2,1H3. The topological polar surface area (TPSA) is 40.4 Å². The van der Waals surface area contributed by atoms with Crippen LogP contribution in [-0.4, -0.2) is 12.5 Å². The molecule has 1 radical (unpaired) electrons. The number of benzene rings is 1. The summed E-state index contributed by atoms with van der Waals surface area (Å²) in [5.41, 5.74) is 2.20. The summed E-state index contributed by atoms with van der Waals surface area (Å²) < 4.78 is 5.11. The molecular weight excluding hydrogens is 178 g/mol. The molecule has 0 unspecified atom stereocenters. The van der Waals surface area contributed by atoms with E-state index in [0.717, 1.165) is 18.7 Å². The van der Waals surface area contributed by atoms with Crippen molar-refractivity contribution in [2.24, 2.45) is 0 Å². The van der Waals surface area contributed by atoms with Gasteiger partial charge in [0.2, 0.25) is 0 Å². The molecule has 1 heterocycles. The van der Waals surface area contributed by atoms with Gasteiger partial charge in [-0.05, 0) is 30.2 Å². The van der Waals surface area contributed by atoms with Crippen molar-refractivity contribution >= 4 is 11.7 Å². The number of carbonyl (C=O) groups excluding carboxylic acids is 1. The van der Waals surface area contributed by atoms with Gasteiger partial charge < -0.3 is 4.74 Å². The fourth-order valence-corrected chi connectivity index (χ4v) is 1.48. The highest BCUT2D eigenvalue weighted by atomic mass is 16.5. The van der Waals surface area contributed by atoms with E-state index in [-0.39, 0.29) is 5.97 Å². The molecule has 0 saturated heterocycles. The first kappa shape index (κ1) is 9.06. The molecule has 73 valence electrons. The number of hydrogen-bond donors (Lipinski definition) is 0. The molecule has 0 aromatic heterocycles. The Bertz CT molecular complexity index is 360. The number of carbonyl (C=O) groups is 1. The third-order valence-electron chi connectivity index (χ3n) is 2.23. The van der Waals surface area contributed by atoms with Crippen LogP contribution in [0.1, 0.15) is 18.9 Å². The van der Waals surface area contributed by atoms with Crippen molar-refractivity contribution in [3.05, 3.63) is 23.8 Å². The molecule has 0 N–H and O–H groups in total.